The minimum Gasteiger partial charge on any atom is -0.121 e. The van der Waals surface area contributed by atoms with Crippen LogP contribution in [0.25, 0.3) is 0 Å². The maximum absolute atomic E-state index is 5.86. The van der Waals surface area contributed by atoms with Gasteiger partial charge in [0.2, 0.25) is 0 Å². The maximum Gasteiger partial charge on any atom is 0.0489 e. The number of hydrogen-bond donors (Lipinski definition) is 0. The summed E-state index contributed by atoms with van der Waals surface area (Å²) in [5.41, 5.74) is 1.86. The van der Waals surface area contributed by atoms with E-state index in [1.165, 1.54) is 0 Å². The third-order valence-electron chi connectivity index (χ3n) is 1.47. The lowest BCUT2D eigenvalue weighted by Crippen LogP contribution is -1.83. The van der Waals surface area contributed by atoms with E-state index in [1.54, 1.807) is 6.07 Å². The molecule has 0 fully saturated rings. The van der Waals surface area contributed by atoms with Crippen molar-refractivity contribution in [2.45, 2.75) is 12.8 Å². The van der Waals surface area contributed by atoms with Gasteiger partial charge >= 0.3 is 0 Å². The number of hydrogen-bond acceptors (Lipinski definition) is 0. The van der Waals surface area contributed by atoms with E-state index >= 15 is 0 Å². The van der Waals surface area contributed by atoms with E-state index in [1.807, 2.05) is 13.0 Å². The van der Waals surface area contributed by atoms with Gasteiger partial charge in [0, 0.05) is 15.9 Å². The third kappa shape index (κ3) is 2.02. The Morgan fingerprint density at radius 2 is 1.82 bits per heavy atom. The van der Waals surface area contributed by atoms with Gasteiger partial charge in [-0.05, 0) is 30.2 Å². The maximum atomic E-state index is 5.86. The number of benzene rings is 1. The van der Waals surface area contributed by atoms with Crippen LogP contribution in [-0.2, 0) is 5.88 Å². The molecule has 0 saturated carbocycles. The normalized spacial score (nSPS) is 10.2. The lowest BCUT2D eigenvalue weighted by molar-refractivity contribution is 1.36. The monoisotopic (exact) mass is 208 g/mol. The highest BCUT2D eigenvalue weighted by Gasteiger charge is 2.02. The van der Waals surface area contributed by atoms with Gasteiger partial charge in [-0.15, -0.1) is 11.6 Å². The van der Waals surface area contributed by atoms with Crippen LogP contribution in [0.1, 0.15) is 11.1 Å². The number of alkyl halides is 1. The Morgan fingerprint density at radius 3 is 2.36 bits per heavy atom. The largest absolute Gasteiger partial charge is 0.121 e. The summed E-state index contributed by atoms with van der Waals surface area (Å²) in [6.07, 6.45) is 0. The number of aryl methyl sites for hydroxylation is 1. The molecule has 0 aromatic heterocycles. The summed E-state index contributed by atoms with van der Waals surface area (Å²) in [7, 11) is 0. The Bertz CT molecular complexity index is 268. The van der Waals surface area contributed by atoms with Gasteiger partial charge in [-0.2, -0.15) is 0 Å². The zero-order chi connectivity index (χ0) is 8.43. The van der Waals surface area contributed by atoms with Crippen molar-refractivity contribution < 1.29 is 0 Å². The average molecular weight is 210 g/mol. The molecular weight excluding hydrogens is 202 g/mol. The standard InChI is InChI=1S/C8H7Cl3/c1-5-2-8(11)6(4-9)3-7(5)10/h2-3H,4H2,1H3. The van der Waals surface area contributed by atoms with E-state index in [9.17, 15) is 0 Å². The highest BCUT2D eigenvalue weighted by molar-refractivity contribution is 6.34. The van der Waals surface area contributed by atoms with Crippen molar-refractivity contribution in [2.24, 2.45) is 0 Å². The zero-order valence-electron chi connectivity index (χ0n) is 6.00. The molecule has 11 heavy (non-hydrogen) atoms. The van der Waals surface area contributed by atoms with Crippen LogP contribution < -0.4 is 0 Å². The SMILES string of the molecule is Cc1cc(Cl)c(CCl)cc1Cl. The predicted octanol–water partition coefficient (Wildman–Crippen LogP) is 4.04. The van der Waals surface area contributed by atoms with Crippen molar-refractivity contribution in [2.75, 3.05) is 0 Å². The summed E-state index contributed by atoms with van der Waals surface area (Å²) < 4.78 is 0. The van der Waals surface area contributed by atoms with Gasteiger partial charge in [-0.3, -0.25) is 0 Å². The van der Waals surface area contributed by atoms with Crippen LogP contribution in [0.2, 0.25) is 10.0 Å². The molecule has 0 saturated heterocycles. The van der Waals surface area contributed by atoms with Crippen LogP contribution in [0.4, 0.5) is 0 Å². The van der Waals surface area contributed by atoms with Gasteiger partial charge in [-0.1, -0.05) is 23.2 Å². The molecule has 0 amide bonds. The van der Waals surface area contributed by atoms with E-state index in [2.05, 4.69) is 0 Å². The van der Waals surface area contributed by atoms with Crippen molar-refractivity contribution in [3.05, 3.63) is 33.3 Å². The minimum absolute atomic E-state index is 0.402. The number of rotatable bonds is 1. The molecule has 0 atom stereocenters. The Labute approximate surface area is 81.1 Å². The van der Waals surface area contributed by atoms with E-state index in [0.29, 0.717) is 15.9 Å². The first-order valence-corrected chi connectivity index (χ1v) is 4.44. The highest BCUT2D eigenvalue weighted by Crippen LogP contribution is 2.25. The van der Waals surface area contributed by atoms with Crippen molar-refractivity contribution in [1.82, 2.24) is 0 Å². The smallest absolute Gasteiger partial charge is 0.0489 e. The molecule has 3 heteroatoms. The lowest BCUT2D eigenvalue weighted by atomic mass is 10.2. The minimum atomic E-state index is 0.402. The molecule has 1 aromatic rings. The van der Waals surface area contributed by atoms with E-state index in [4.69, 9.17) is 34.8 Å². The van der Waals surface area contributed by atoms with Gasteiger partial charge in [0.25, 0.3) is 0 Å². The fourth-order valence-electron chi connectivity index (χ4n) is 0.790. The molecule has 0 unspecified atom stereocenters. The van der Waals surface area contributed by atoms with Crippen molar-refractivity contribution in [3.63, 3.8) is 0 Å². The van der Waals surface area contributed by atoms with Crippen LogP contribution in [-0.4, -0.2) is 0 Å². The molecule has 0 aliphatic carbocycles. The van der Waals surface area contributed by atoms with Crippen molar-refractivity contribution >= 4 is 34.8 Å². The van der Waals surface area contributed by atoms with Crippen molar-refractivity contribution in [3.8, 4) is 0 Å². The Hall–Kier alpha value is 0.0900. The van der Waals surface area contributed by atoms with Crippen LogP contribution >= 0.6 is 34.8 Å². The van der Waals surface area contributed by atoms with Crippen LogP contribution in [0.15, 0.2) is 12.1 Å². The fraction of sp³-hybridized carbons (Fsp3) is 0.250. The first-order valence-electron chi connectivity index (χ1n) is 3.15. The third-order valence-corrected chi connectivity index (χ3v) is 2.52. The first kappa shape index (κ1) is 9.18. The summed E-state index contributed by atoms with van der Waals surface area (Å²) in [4.78, 5) is 0. The molecule has 0 nitrogen and oxygen atoms in total. The second-order valence-electron chi connectivity index (χ2n) is 2.33. The zero-order valence-corrected chi connectivity index (χ0v) is 8.26. The fourth-order valence-corrected chi connectivity index (χ4v) is 1.55. The summed E-state index contributed by atoms with van der Waals surface area (Å²) in [6, 6.07) is 3.62. The van der Waals surface area contributed by atoms with Gasteiger partial charge < -0.3 is 0 Å². The molecule has 1 rings (SSSR count). The molecule has 0 heterocycles. The molecule has 1 aromatic carbocycles. The second-order valence-corrected chi connectivity index (χ2v) is 3.41. The van der Waals surface area contributed by atoms with Crippen LogP contribution in [0.3, 0.4) is 0 Å². The Kier molecular flexibility index (Phi) is 3.06. The summed E-state index contributed by atoms with van der Waals surface area (Å²) in [5.74, 6) is 0.402. The van der Waals surface area contributed by atoms with E-state index < -0.39 is 0 Å². The molecular formula is C8H7Cl3. The summed E-state index contributed by atoms with van der Waals surface area (Å²) >= 11 is 17.3. The molecule has 0 bridgehead atoms. The quantitative estimate of drug-likeness (QED) is 0.613. The van der Waals surface area contributed by atoms with Crippen LogP contribution in [0.5, 0.6) is 0 Å². The van der Waals surface area contributed by atoms with Gasteiger partial charge in [-0.25, -0.2) is 0 Å². The lowest BCUT2D eigenvalue weighted by Gasteiger charge is -2.02. The Balaban J connectivity index is 3.21. The van der Waals surface area contributed by atoms with E-state index in [0.717, 1.165) is 11.1 Å². The summed E-state index contributed by atoms with van der Waals surface area (Å²) in [5, 5.41) is 1.40. The molecule has 0 radical (unpaired) electrons. The molecule has 0 N–H and O–H groups in total. The van der Waals surface area contributed by atoms with Crippen molar-refractivity contribution in [1.29, 1.82) is 0 Å². The summed E-state index contributed by atoms with van der Waals surface area (Å²) in [6.45, 7) is 1.91. The predicted molar refractivity (Wildman–Crippen MR) is 50.8 cm³/mol. The highest BCUT2D eigenvalue weighted by atomic mass is 35.5. The molecule has 0 aliphatic rings. The first-order chi connectivity index (χ1) is 5.15. The Morgan fingerprint density at radius 1 is 1.18 bits per heavy atom. The molecule has 0 aliphatic heterocycles. The molecule has 60 valence electrons. The van der Waals surface area contributed by atoms with Gasteiger partial charge in [0.05, 0.1) is 0 Å². The molecule has 0 spiro atoms. The number of halogens is 3. The second kappa shape index (κ2) is 3.66. The van der Waals surface area contributed by atoms with Gasteiger partial charge in [0.15, 0.2) is 0 Å². The van der Waals surface area contributed by atoms with Gasteiger partial charge in [0.1, 0.15) is 0 Å². The topological polar surface area (TPSA) is 0 Å². The average Bonchev–Trinajstić information content (AvgIpc) is 1.97. The van der Waals surface area contributed by atoms with Crippen LogP contribution in [0, 0.1) is 6.92 Å². The van der Waals surface area contributed by atoms with E-state index in [-0.39, 0.29) is 0 Å².